The molecule has 2 saturated carbocycles. The van der Waals surface area contributed by atoms with E-state index in [-0.39, 0.29) is 0 Å². The van der Waals surface area contributed by atoms with Gasteiger partial charge in [0.1, 0.15) is 0 Å². The summed E-state index contributed by atoms with van der Waals surface area (Å²) in [7, 11) is 0. The van der Waals surface area contributed by atoms with Gasteiger partial charge in [-0.15, -0.1) is 0 Å². The Kier molecular flexibility index (Phi) is 5.38. The standard InChI is InChI=1S/C17H32/c1-14(13-16-9-7-8-10-16)15(2)17-11-5-3-4-6-12-17/h14-17H,3-13H2,1-2H3. The quantitative estimate of drug-likeness (QED) is 0.540. The van der Waals surface area contributed by atoms with Crippen LogP contribution in [0.2, 0.25) is 0 Å². The maximum absolute atomic E-state index is 2.55. The third-order valence-corrected chi connectivity index (χ3v) is 5.72. The molecule has 0 heteroatoms. The average Bonchev–Trinajstić information content (AvgIpc) is 2.68. The van der Waals surface area contributed by atoms with Gasteiger partial charge in [-0.25, -0.2) is 0 Å². The second-order valence-corrected chi connectivity index (χ2v) is 6.97. The average molecular weight is 236 g/mol. The SMILES string of the molecule is CC(CC1CCCC1)C(C)C1CCCCCC1. The third-order valence-electron chi connectivity index (χ3n) is 5.72. The molecule has 0 amide bonds. The Morgan fingerprint density at radius 2 is 1.29 bits per heavy atom. The second-order valence-electron chi connectivity index (χ2n) is 6.97. The predicted molar refractivity (Wildman–Crippen MR) is 76.1 cm³/mol. The molecule has 0 bridgehead atoms. The molecule has 2 aliphatic carbocycles. The monoisotopic (exact) mass is 236 g/mol. The van der Waals surface area contributed by atoms with Gasteiger partial charge < -0.3 is 0 Å². The van der Waals surface area contributed by atoms with Crippen molar-refractivity contribution in [1.82, 2.24) is 0 Å². The number of hydrogen-bond acceptors (Lipinski definition) is 0. The highest BCUT2D eigenvalue weighted by atomic mass is 14.3. The van der Waals surface area contributed by atoms with Crippen LogP contribution in [0.5, 0.6) is 0 Å². The van der Waals surface area contributed by atoms with E-state index in [0.717, 1.165) is 23.7 Å². The van der Waals surface area contributed by atoms with Crippen LogP contribution < -0.4 is 0 Å². The Bertz CT molecular complexity index is 194. The Labute approximate surface area is 109 Å². The number of rotatable bonds is 4. The van der Waals surface area contributed by atoms with Gasteiger partial charge in [-0.3, -0.25) is 0 Å². The molecule has 0 saturated heterocycles. The molecule has 2 fully saturated rings. The van der Waals surface area contributed by atoms with Crippen molar-refractivity contribution in [3.63, 3.8) is 0 Å². The molecule has 0 aromatic rings. The van der Waals surface area contributed by atoms with Crippen LogP contribution >= 0.6 is 0 Å². The highest BCUT2D eigenvalue weighted by Gasteiger charge is 2.26. The van der Waals surface area contributed by atoms with Crippen molar-refractivity contribution in [1.29, 1.82) is 0 Å². The molecule has 0 spiro atoms. The zero-order chi connectivity index (χ0) is 12.1. The molecule has 17 heavy (non-hydrogen) atoms. The second kappa shape index (κ2) is 6.81. The fourth-order valence-electron chi connectivity index (χ4n) is 4.29. The minimum absolute atomic E-state index is 0.973. The van der Waals surface area contributed by atoms with E-state index in [2.05, 4.69) is 13.8 Å². The van der Waals surface area contributed by atoms with E-state index >= 15 is 0 Å². The summed E-state index contributed by atoms with van der Waals surface area (Å²) < 4.78 is 0. The van der Waals surface area contributed by atoms with E-state index in [9.17, 15) is 0 Å². The molecular weight excluding hydrogens is 204 g/mol. The molecule has 2 unspecified atom stereocenters. The zero-order valence-corrected chi connectivity index (χ0v) is 12.1. The molecule has 100 valence electrons. The maximum atomic E-state index is 2.55. The van der Waals surface area contributed by atoms with Crippen LogP contribution in [0.1, 0.15) is 84.5 Å². The molecule has 2 rings (SSSR count). The van der Waals surface area contributed by atoms with Gasteiger partial charge in [-0.2, -0.15) is 0 Å². The van der Waals surface area contributed by atoms with E-state index in [4.69, 9.17) is 0 Å². The van der Waals surface area contributed by atoms with Gasteiger partial charge in [0.2, 0.25) is 0 Å². The normalized spacial score (nSPS) is 27.9. The lowest BCUT2D eigenvalue weighted by atomic mass is 9.76. The number of hydrogen-bond donors (Lipinski definition) is 0. The van der Waals surface area contributed by atoms with Crippen LogP contribution in [0.15, 0.2) is 0 Å². The Morgan fingerprint density at radius 3 is 1.88 bits per heavy atom. The Morgan fingerprint density at radius 1 is 0.765 bits per heavy atom. The molecule has 0 heterocycles. The lowest BCUT2D eigenvalue weighted by molar-refractivity contribution is 0.207. The van der Waals surface area contributed by atoms with Crippen molar-refractivity contribution in [2.45, 2.75) is 84.5 Å². The van der Waals surface area contributed by atoms with E-state index in [1.807, 2.05) is 0 Å². The van der Waals surface area contributed by atoms with Crippen molar-refractivity contribution in [3.8, 4) is 0 Å². The van der Waals surface area contributed by atoms with E-state index in [1.54, 1.807) is 0 Å². The first-order valence-corrected chi connectivity index (χ1v) is 8.27. The molecule has 2 aliphatic rings. The van der Waals surface area contributed by atoms with Crippen LogP contribution in [-0.2, 0) is 0 Å². The summed E-state index contributed by atoms with van der Waals surface area (Å²) in [5, 5.41) is 0. The fourth-order valence-corrected chi connectivity index (χ4v) is 4.29. The zero-order valence-electron chi connectivity index (χ0n) is 12.1. The smallest absolute Gasteiger partial charge is 0.0386 e. The summed E-state index contributed by atoms with van der Waals surface area (Å²) in [4.78, 5) is 0. The Balaban J connectivity index is 1.77. The molecule has 0 aliphatic heterocycles. The third kappa shape index (κ3) is 4.00. The van der Waals surface area contributed by atoms with Gasteiger partial charge >= 0.3 is 0 Å². The van der Waals surface area contributed by atoms with Crippen molar-refractivity contribution < 1.29 is 0 Å². The van der Waals surface area contributed by atoms with Crippen molar-refractivity contribution in [3.05, 3.63) is 0 Å². The first-order valence-electron chi connectivity index (χ1n) is 8.27. The van der Waals surface area contributed by atoms with Gasteiger partial charge in [0.25, 0.3) is 0 Å². The lowest BCUT2D eigenvalue weighted by Crippen LogP contribution is -2.20. The van der Waals surface area contributed by atoms with Crippen LogP contribution in [0.3, 0.4) is 0 Å². The summed E-state index contributed by atoms with van der Waals surface area (Å²) in [6, 6.07) is 0. The minimum atomic E-state index is 0.973. The molecule has 2 atom stereocenters. The first kappa shape index (κ1) is 13.4. The molecular formula is C17H32. The van der Waals surface area contributed by atoms with Crippen LogP contribution in [0.25, 0.3) is 0 Å². The van der Waals surface area contributed by atoms with Gasteiger partial charge in [0.15, 0.2) is 0 Å². The molecule has 0 nitrogen and oxygen atoms in total. The molecule has 0 aromatic carbocycles. The van der Waals surface area contributed by atoms with E-state index in [1.165, 1.54) is 70.6 Å². The summed E-state index contributed by atoms with van der Waals surface area (Å²) >= 11 is 0. The highest BCUT2D eigenvalue weighted by molar-refractivity contribution is 4.77. The molecule has 0 aromatic heterocycles. The Hall–Kier alpha value is 0. The summed E-state index contributed by atoms with van der Waals surface area (Å²) in [6.45, 7) is 5.09. The summed E-state index contributed by atoms with van der Waals surface area (Å²) in [5.74, 6) is 4.09. The van der Waals surface area contributed by atoms with Crippen molar-refractivity contribution >= 4 is 0 Å². The van der Waals surface area contributed by atoms with Gasteiger partial charge in [-0.05, 0) is 30.1 Å². The van der Waals surface area contributed by atoms with E-state index < -0.39 is 0 Å². The minimum Gasteiger partial charge on any atom is -0.0622 e. The molecule has 0 radical (unpaired) electrons. The maximum Gasteiger partial charge on any atom is -0.0386 e. The topological polar surface area (TPSA) is 0 Å². The van der Waals surface area contributed by atoms with Crippen molar-refractivity contribution in [2.24, 2.45) is 23.7 Å². The van der Waals surface area contributed by atoms with E-state index in [0.29, 0.717) is 0 Å². The summed E-state index contributed by atoms with van der Waals surface area (Å²) in [6.07, 6.45) is 16.7. The lowest BCUT2D eigenvalue weighted by Gasteiger charge is -2.30. The highest BCUT2D eigenvalue weighted by Crippen LogP contribution is 2.38. The van der Waals surface area contributed by atoms with Crippen LogP contribution in [0, 0.1) is 23.7 Å². The summed E-state index contributed by atoms with van der Waals surface area (Å²) in [5.41, 5.74) is 0. The first-order chi connectivity index (χ1) is 8.27. The van der Waals surface area contributed by atoms with Gasteiger partial charge in [-0.1, -0.05) is 78.1 Å². The fraction of sp³-hybridized carbons (Fsp3) is 1.00. The van der Waals surface area contributed by atoms with Gasteiger partial charge in [0.05, 0.1) is 0 Å². The largest absolute Gasteiger partial charge is 0.0622 e. The van der Waals surface area contributed by atoms with Gasteiger partial charge in [0, 0.05) is 0 Å². The molecule has 0 N–H and O–H groups in total. The van der Waals surface area contributed by atoms with Crippen LogP contribution in [-0.4, -0.2) is 0 Å². The van der Waals surface area contributed by atoms with Crippen molar-refractivity contribution in [2.75, 3.05) is 0 Å². The predicted octanol–water partition coefficient (Wildman–Crippen LogP) is 5.81. The van der Waals surface area contributed by atoms with Crippen LogP contribution in [0.4, 0.5) is 0 Å².